The van der Waals surface area contributed by atoms with Gasteiger partial charge < -0.3 is 5.40 Å². The summed E-state index contributed by atoms with van der Waals surface area (Å²) in [4.78, 5) is 0. The van der Waals surface area contributed by atoms with E-state index in [0.29, 0.717) is 0 Å². The fourth-order valence-corrected chi connectivity index (χ4v) is 0. The van der Waals surface area contributed by atoms with Crippen LogP contribution in [0.5, 0.6) is 0 Å². The topological polar surface area (TPSA) is 26.0 Å². The van der Waals surface area contributed by atoms with Gasteiger partial charge in [-0.25, -0.2) is 0 Å². The lowest BCUT2D eigenvalue weighted by Crippen LogP contribution is -1.92. The molecule has 0 heterocycles. The number of rotatable bonds is 0. The van der Waals surface area contributed by atoms with Gasteiger partial charge in [-0.2, -0.15) is 0 Å². The van der Waals surface area contributed by atoms with Gasteiger partial charge in [0.1, 0.15) is 0 Å². The van der Waals surface area contributed by atoms with Crippen molar-refractivity contribution in [3.63, 3.8) is 0 Å². The Kier molecular flexibility index (Phi) is 2.81. The summed E-state index contributed by atoms with van der Waals surface area (Å²) in [5, 5.41) is 5.06. The lowest BCUT2D eigenvalue weighted by Gasteiger charge is -1.51. The Morgan fingerprint density at radius 1 is 2.00 bits per heavy atom. The van der Waals surface area contributed by atoms with Crippen molar-refractivity contribution in [3.8, 4) is 0 Å². The number of nitrogens with two attached hydrogens (primary N) is 1. The predicted molar refractivity (Wildman–Crippen MR) is 23.1 cm³/mol. The van der Waals surface area contributed by atoms with Crippen molar-refractivity contribution in [1.29, 1.82) is 0 Å². The van der Waals surface area contributed by atoms with Crippen LogP contribution in [-0.4, -0.2) is 15.0 Å². The average molecular weight is 73.2 g/mol. The van der Waals surface area contributed by atoms with E-state index in [4.69, 9.17) is 5.40 Å². The fraction of sp³-hybridized carbons (Fsp3) is 0.500. The molecule has 0 amide bonds. The Morgan fingerprint density at radius 3 is 2.25 bits per heavy atom. The highest BCUT2D eigenvalue weighted by Gasteiger charge is 1.35. The first-order valence-corrected chi connectivity index (χ1v) is 2.58. The zero-order chi connectivity index (χ0) is 3.41. The Labute approximate surface area is 28.3 Å². The fourth-order valence-electron chi connectivity index (χ4n) is 0. The van der Waals surface area contributed by atoms with Crippen molar-refractivity contribution in [1.82, 2.24) is 0 Å². The molecule has 0 fully saturated rings. The molecule has 0 aliphatic carbocycles. The molecule has 0 radical (unpaired) electrons. The highest BCUT2D eigenvalue weighted by Crippen LogP contribution is 1.16. The molecule has 24 valence electrons. The molecule has 0 saturated carbocycles. The zero-order valence-corrected chi connectivity index (χ0v) is 3.89. The van der Waals surface area contributed by atoms with Gasteiger partial charge in [-0.05, 0) is 6.92 Å². The van der Waals surface area contributed by atoms with Crippen molar-refractivity contribution < 1.29 is 0 Å². The molecular formula is C2H7NSi. The third kappa shape index (κ3) is 1.89. The zero-order valence-electron chi connectivity index (χ0n) is 2.73. The summed E-state index contributed by atoms with van der Waals surface area (Å²) in [6.07, 6.45) is 0. The van der Waals surface area contributed by atoms with Gasteiger partial charge in [0.05, 0.1) is 9.29 Å². The van der Waals surface area contributed by atoms with Crippen molar-refractivity contribution in [2.24, 2.45) is 5.40 Å². The highest BCUT2D eigenvalue weighted by molar-refractivity contribution is 6.42. The molecule has 0 aliphatic heterocycles. The van der Waals surface area contributed by atoms with Gasteiger partial charge in [0, 0.05) is 0 Å². The van der Waals surface area contributed by atoms with Crippen LogP contribution in [0.3, 0.4) is 0 Å². The van der Waals surface area contributed by atoms with E-state index in [-0.39, 0.29) is 9.29 Å². The molecule has 0 saturated heterocycles. The summed E-state index contributed by atoms with van der Waals surface area (Å²) in [6.45, 7) is 1.97. The molecule has 0 aliphatic rings. The van der Waals surface area contributed by atoms with Crippen LogP contribution in [0.1, 0.15) is 6.92 Å². The molecule has 2 heteroatoms. The monoisotopic (exact) mass is 73.0 g/mol. The van der Waals surface area contributed by atoms with Crippen molar-refractivity contribution >= 4 is 15.0 Å². The lowest BCUT2D eigenvalue weighted by molar-refractivity contribution is 1.96. The van der Waals surface area contributed by atoms with Gasteiger partial charge in [0.25, 0.3) is 0 Å². The van der Waals surface area contributed by atoms with Crippen LogP contribution in [0.2, 0.25) is 0 Å². The maximum atomic E-state index is 5.06. The van der Waals surface area contributed by atoms with E-state index in [2.05, 4.69) is 0 Å². The molecule has 0 aromatic rings. The molecule has 0 unspecified atom stereocenters. The van der Waals surface area contributed by atoms with E-state index < -0.39 is 0 Å². The summed E-state index contributed by atoms with van der Waals surface area (Å²) in [7, 11) is 0.157. The molecule has 0 bridgehead atoms. The highest BCUT2D eigenvalue weighted by atomic mass is 28.2. The first-order valence-electron chi connectivity index (χ1n) is 1.24. The molecular weight excluding hydrogens is 66.1 g/mol. The molecule has 2 N–H and O–H groups in total. The Balaban J connectivity index is 2.55. The molecule has 0 aromatic carbocycles. The van der Waals surface area contributed by atoms with Crippen molar-refractivity contribution in [2.75, 3.05) is 0 Å². The van der Waals surface area contributed by atoms with E-state index >= 15 is 0 Å². The van der Waals surface area contributed by atoms with Crippen molar-refractivity contribution in [3.05, 3.63) is 0 Å². The molecule has 1 nitrogen and oxygen atoms in total. The SMILES string of the molecule is CC=[SiH]N. The first-order chi connectivity index (χ1) is 1.91. The van der Waals surface area contributed by atoms with Gasteiger partial charge in [0.2, 0.25) is 0 Å². The summed E-state index contributed by atoms with van der Waals surface area (Å²) in [5.74, 6) is 0. The minimum Gasteiger partial charge on any atom is -0.435 e. The Bertz CT molecular complexity index is 21.2. The minimum absolute atomic E-state index is 0.157. The van der Waals surface area contributed by atoms with Crippen LogP contribution in [0.4, 0.5) is 0 Å². The van der Waals surface area contributed by atoms with E-state index in [0.717, 1.165) is 0 Å². The molecule has 0 aromatic heterocycles. The predicted octanol–water partition coefficient (Wildman–Crippen LogP) is -0.881. The van der Waals surface area contributed by atoms with E-state index in [1.54, 1.807) is 0 Å². The minimum atomic E-state index is 0.157. The van der Waals surface area contributed by atoms with Gasteiger partial charge in [-0.3, -0.25) is 0 Å². The smallest absolute Gasteiger partial charge is 0.0973 e. The molecule has 0 spiro atoms. The molecule has 4 heavy (non-hydrogen) atoms. The maximum absolute atomic E-state index is 5.06. The summed E-state index contributed by atoms with van der Waals surface area (Å²) in [5.41, 5.74) is 1.99. The summed E-state index contributed by atoms with van der Waals surface area (Å²) < 4.78 is 0. The second kappa shape index (κ2) is 2.89. The Morgan fingerprint density at radius 2 is 2.25 bits per heavy atom. The van der Waals surface area contributed by atoms with Crippen LogP contribution in [0, 0.1) is 0 Å². The normalized spacial score (nSPS) is 9.25. The summed E-state index contributed by atoms with van der Waals surface area (Å²) >= 11 is 0. The van der Waals surface area contributed by atoms with E-state index in [9.17, 15) is 0 Å². The second-order valence-electron chi connectivity index (χ2n) is 0.526. The largest absolute Gasteiger partial charge is 0.435 e. The number of hydrogen-bond acceptors (Lipinski definition) is 1. The van der Waals surface area contributed by atoms with Gasteiger partial charge in [0.15, 0.2) is 0 Å². The van der Waals surface area contributed by atoms with Crippen LogP contribution >= 0.6 is 0 Å². The molecule has 0 rings (SSSR count). The number of hydrogen-bond donors (Lipinski definition) is 1. The van der Waals surface area contributed by atoms with Gasteiger partial charge in [-0.1, -0.05) is 5.67 Å². The quantitative estimate of drug-likeness (QED) is 0.370. The molecule has 0 atom stereocenters. The third-order valence-electron chi connectivity index (χ3n) is 0.192. The van der Waals surface area contributed by atoms with Gasteiger partial charge >= 0.3 is 0 Å². The maximum Gasteiger partial charge on any atom is 0.0973 e. The van der Waals surface area contributed by atoms with Crippen LogP contribution < -0.4 is 5.40 Å². The first kappa shape index (κ1) is 3.89. The third-order valence-corrected chi connectivity index (χ3v) is 0.577. The second-order valence-corrected chi connectivity index (χ2v) is 1.58. The van der Waals surface area contributed by atoms with Gasteiger partial charge in [-0.15, -0.1) is 0 Å². The van der Waals surface area contributed by atoms with E-state index in [1.807, 2.05) is 12.6 Å². The van der Waals surface area contributed by atoms with Crippen LogP contribution in [0.25, 0.3) is 0 Å². The lowest BCUT2D eigenvalue weighted by atomic mass is 11.0. The van der Waals surface area contributed by atoms with Crippen LogP contribution in [0.15, 0.2) is 0 Å². The summed E-state index contributed by atoms with van der Waals surface area (Å²) in [6, 6.07) is 0. The average Bonchev–Trinajstić information content (AvgIpc) is 1.37. The standard InChI is InChI=1S/C2H7NSi/c1-2-4-3/h2,4H,3H2,1H3. The van der Waals surface area contributed by atoms with Crippen molar-refractivity contribution in [2.45, 2.75) is 6.92 Å². The van der Waals surface area contributed by atoms with Crippen LogP contribution in [-0.2, 0) is 0 Å². The Hall–Kier alpha value is -0.113. The van der Waals surface area contributed by atoms with E-state index in [1.165, 1.54) is 0 Å².